The van der Waals surface area contributed by atoms with E-state index in [1.54, 1.807) is 30.1 Å². The number of thioether (sulfide) groups is 1. The lowest BCUT2D eigenvalue weighted by Crippen LogP contribution is -2.35. The summed E-state index contributed by atoms with van der Waals surface area (Å²) in [5.74, 6) is 1.47. The molecule has 3 heterocycles. The first-order valence-electron chi connectivity index (χ1n) is 10.0. The molecule has 1 fully saturated rings. The van der Waals surface area contributed by atoms with Crippen LogP contribution in [-0.2, 0) is 19.3 Å². The monoisotopic (exact) mass is 428 g/mol. The summed E-state index contributed by atoms with van der Waals surface area (Å²) in [6.45, 7) is 3.38. The van der Waals surface area contributed by atoms with Crippen LogP contribution in [0, 0.1) is 5.82 Å². The first kappa shape index (κ1) is 20.7. The molecule has 0 saturated carbocycles. The molecule has 0 N–H and O–H groups in total. The molecule has 3 aromatic rings. The van der Waals surface area contributed by atoms with Crippen molar-refractivity contribution < 1.29 is 13.6 Å². The predicted molar refractivity (Wildman–Crippen MR) is 114 cm³/mol. The summed E-state index contributed by atoms with van der Waals surface area (Å²) in [5, 5.41) is 0.904. The van der Waals surface area contributed by atoms with Crippen LogP contribution < -0.4 is 0 Å². The first-order valence-corrected chi connectivity index (χ1v) is 11.0. The molecule has 0 spiro atoms. The summed E-state index contributed by atoms with van der Waals surface area (Å²) >= 11 is 1.57. The molecular weight excluding hydrogens is 403 g/mol. The largest absolute Gasteiger partial charge is 0.455 e. The molecule has 2 aromatic heterocycles. The van der Waals surface area contributed by atoms with Crippen molar-refractivity contribution in [3.63, 3.8) is 0 Å². The summed E-state index contributed by atoms with van der Waals surface area (Å²) in [7, 11) is 1.95. The van der Waals surface area contributed by atoms with E-state index in [0.29, 0.717) is 43.3 Å². The van der Waals surface area contributed by atoms with E-state index in [1.807, 2.05) is 40.9 Å². The summed E-state index contributed by atoms with van der Waals surface area (Å²) in [4.78, 5) is 21.2. The summed E-state index contributed by atoms with van der Waals surface area (Å²) < 4.78 is 21.7. The normalized spacial score (nSPS) is 15.3. The minimum absolute atomic E-state index is 0.0871. The molecule has 0 radical (unpaired) electrons. The molecule has 158 valence electrons. The second-order valence-corrected chi connectivity index (χ2v) is 8.33. The minimum atomic E-state index is -0.179. The Morgan fingerprint density at radius 3 is 2.83 bits per heavy atom. The van der Waals surface area contributed by atoms with Crippen LogP contribution in [0.15, 0.2) is 58.4 Å². The number of benzene rings is 1. The quantitative estimate of drug-likeness (QED) is 0.559. The maximum absolute atomic E-state index is 13.9. The summed E-state index contributed by atoms with van der Waals surface area (Å²) in [6.07, 6.45) is 4.51. The summed E-state index contributed by atoms with van der Waals surface area (Å²) in [6, 6.07) is 10.5. The van der Waals surface area contributed by atoms with Gasteiger partial charge in [-0.15, -0.1) is 0 Å². The number of imidazole rings is 1. The van der Waals surface area contributed by atoms with Crippen LogP contribution in [0.3, 0.4) is 0 Å². The molecule has 0 aliphatic carbocycles. The third-order valence-electron chi connectivity index (χ3n) is 5.22. The van der Waals surface area contributed by atoms with Crippen molar-refractivity contribution in [1.29, 1.82) is 0 Å². The highest BCUT2D eigenvalue weighted by Crippen LogP contribution is 2.23. The number of furan rings is 1. The number of carbonyl (C=O) groups excluding carboxylic acids is 1. The number of aromatic nitrogens is 2. The highest BCUT2D eigenvalue weighted by atomic mass is 32.2. The van der Waals surface area contributed by atoms with E-state index in [4.69, 9.17) is 4.42 Å². The number of carbonyl (C=O) groups is 1. The van der Waals surface area contributed by atoms with Crippen LogP contribution in [0.1, 0.15) is 28.3 Å². The highest BCUT2D eigenvalue weighted by Gasteiger charge is 2.23. The number of halogens is 1. The standard InChI is InChI=1S/C22H25FN4O2S/c1-25-12-9-24-22(25)30-16-18-7-8-20(29-18)21(28)27-11-4-10-26(13-14-27)15-17-5-2-3-6-19(17)23/h2-3,5-9,12H,4,10-11,13-16H2,1H3. The van der Waals surface area contributed by atoms with Crippen molar-refractivity contribution in [2.45, 2.75) is 23.9 Å². The van der Waals surface area contributed by atoms with Gasteiger partial charge in [0.05, 0.1) is 5.75 Å². The van der Waals surface area contributed by atoms with Crippen molar-refractivity contribution in [1.82, 2.24) is 19.4 Å². The highest BCUT2D eigenvalue weighted by molar-refractivity contribution is 7.98. The maximum Gasteiger partial charge on any atom is 0.289 e. The van der Waals surface area contributed by atoms with E-state index >= 15 is 0 Å². The second-order valence-electron chi connectivity index (χ2n) is 7.39. The predicted octanol–water partition coefficient (Wildman–Crippen LogP) is 3.79. The minimum Gasteiger partial charge on any atom is -0.455 e. The zero-order valence-corrected chi connectivity index (χ0v) is 17.8. The van der Waals surface area contributed by atoms with Gasteiger partial charge in [0.1, 0.15) is 11.6 Å². The van der Waals surface area contributed by atoms with Gasteiger partial charge in [-0.2, -0.15) is 0 Å². The van der Waals surface area contributed by atoms with Gasteiger partial charge in [-0.3, -0.25) is 9.69 Å². The molecule has 30 heavy (non-hydrogen) atoms. The van der Waals surface area contributed by atoms with Crippen molar-refractivity contribution in [3.05, 3.63) is 71.7 Å². The Kier molecular flexibility index (Phi) is 6.54. The number of rotatable bonds is 6. The van der Waals surface area contributed by atoms with Gasteiger partial charge in [0.15, 0.2) is 10.9 Å². The third kappa shape index (κ3) is 4.94. The number of aryl methyl sites for hydroxylation is 1. The fourth-order valence-electron chi connectivity index (χ4n) is 3.55. The van der Waals surface area contributed by atoms with Gasteiger partial charge in [0.25, 0.3) is 5.91 Å². The van der Waals surface area contributed by atoms with E-state index in [1.165, 1.54) is 6.07 Å². The molecule has 1 aromatic carbocycles. The van der Waals surface area contributed by atoms with E-state index in [2.05, 4.69) is 9.88 Å². The van der Waals surface area contributed by atoms with Gasteiger partial charge in [-0.05, 0) is 24.6 Å². The van der Waals surface area contributed by atoms with E-state index in [9.17, 15) is 9.18 Å². The zero-order valence-electron chi connectivity index (χ0n) is 17.0. The first-order chi connectivity index (χ1) is 14.6. The number of nitrogens with zero attached hydrogens (tertiary/aromatic N) is 4. The van der Waals surface area contributed by atoms with Gasteiger partial charge in [0.2, 0.25) is 0 Å². The lowest BCUT2D eigenvalue weighted by molar-refractivity contribution is 0.0727. The molecule has 0 unspecified atom stereocenters. The zero-order chi connectivity index (χ0) is 20.9. The molecule has 8 heteroatoms. The average Bonchev–Trinajstić information content (AvgIpc) is 3.31. The Hall–Kier alpha value is -2.58. The second kappa shape index (κ2) is 9.49. The van der Waals surface area contributed by atoms with Crippen LogP contribution in [-0.4, -0.2) is 51.4 Å². The van der Waals surface area contributed by atoms with Gasteiger partial charge in [0, 0.05) is 57.7 Å². The lowest BCUT2D eigenvalue weighted by atomic mass is 10.2. The van der Waals surface area contributed by atoms with Crippen molar-refractivity contribution >= 4 is 17.7 Å². The molecule has 4 rings (SSSR count). The number of hydrogen-bond donors (Lipinski definition) is 0. The average molecular weight is 429 g/mol. The SMILES string of the molecule is Cn1ccnc1SCc1ccc(C(=O)N2CCCN(Cc3ccccc3F)CC2)o1. The Bertz CT molecular complexity index is 1000. The van der Waals surface area contributed by atoms with Gasteiger partial charge in [-0.25, -0.2) is 9.37 Å². The Morgan fingerprint density at radius 1 is 1.17 bits per heavy atom. The van der Waals surface area contributed by atoms with Crippen LogP contribution >= 0.6 is 11.8 Å². The van der Waals surface area contributed by atoms with E-state index < -0.39 is 0 Å². The smallest absolute Gasteiger partial charge is 0.289 e. The van der Waals surface area contributed by atoms with Crippen LogP contribution in [0.5, 0.6) is 0 Å². The fourth-order valence-corrected chi connectivity index (χ4v) is 4.38. The van der Waals surface area contributed by atoms with Crippen LogP contribution in [0.4, 0.5) is 4.39 Å². The van der Waals surface area contributed by atoms with Crippen molar-refractivity contribution in [2.24, 2.45) is 7.05 Å². The maximum atomic E-state index is 13.9. The molecule has 6 nitrogen and oxygen atoms in total. The van der Waals surface area contributed by atoms with E-state index in [-0.39, 0.29) is 11.7 Å². The van der Waals surface area contributed by atoms with Gasteiger partial charge < -0.3 is 13.9 Å². The Balaban J connectivity index is 1.32. The van der Waals surface area contributed by atoms with Gasteiger partial charge >= 0.3 is 0 Å². The van der Waals surface area contributed by atoms with Crippen molar-refractivity contribution in [2.75, 3.05) is 26.2 Å². The van der Waals surface area contributed by atoms with Crippen molar-refractivity contribution in [3.8, 4) is 0 Å². The van der Waals surface area contributed by atoms with Crippen LogP contribution in [0.25, 0.3) is 0 Å². The molecular formula is C22H25FN4O2S. The Labute approximate surface area is 179 Å². The molecule has 0 atom stereocenters. The fraction of sp³-hybridized carbons (Fsp3) is 0.364. The summed E-state index contributed by atoms with van der Waals surface area (Å²) in [5.41, 5.74) is 0.693. The topological polar surface area (TPSA) is 54.5 Å². The lowest BCUT2D eigenvalue weighted by Gasteiger charge is -2.21. The number of amides is 1. The van der Waals surface area contributed by atoms with E-state index in [0.717, 1.165) is 23.9 Å². The van der Waals surface area contributed by atoms with Gasteiger partial charge in [-0.1, -0.05) is 30.0 Å². The molecule has 1 saturated heterocycles. The third-order valence-corrected chi connectivity index (χ3v) is 6.30. The molecule has 1 amide bonds. The molecule has 1 aliphatic rings. The van der Waals surface area contributed by atoms with Crippen LogP contribution in [0.2, 0.25) is 0 Å². The molecule has 1 aliphatic heterocycles. The molecule has 0 bridgehead atoms. The number of hydrogen-bond acceptors (Lipinski definition) is 5. The Morgan fingerprint density at radius 2 is 2.03 bits per heavy atom.